The highest BCUT2D eigenvalue weighted by Crippen LogP contribution is 2.14. The molecular formula is C9H16ClN3O3S2. The van der Waals surface area contributed by atoms with E-state index in [1.165, 1.54) is 6.07 Å². The molecule has 0 aromatic carbocycles. The Morgan fingerprint density at radius 3 is 2.67 bits per heavy atom. The second-order valence-electron chi connectivity index (χ2n) is 3.21. The number of amides is 1. The molecular weight excluding hydrogens is 298 g/mol. The van der Waals surface area contributed by atoms with E-state index >= 15 is 0 Å². The quantitative estimate of drug-likeness (QED) is 0.608. The molecule has 0 radical (unpaired) electrons. The Kier molecular flexibility index (Phi) is 8.12. The number of hydrogen-bond acceptors (Lipinski definition) is 5. The van der Waals surface area contributed by atoms with Crippen LogP contribution in [0.1, 0.15) is 0 Å². The molecule has 9 heteroatoms. The summed E-state index contributed by atoms with van der Waals surface area (Å²) >= 11 is 1.11. The number of hydrogen-bond donors (Lipinski definition) is 3. The smallest absolute Gasteiger partial charge is 0.250 e. The topological polar surface area (TPSA) is 87.3 Å². The van der Waals surface area contributed by atoms with Gasteiger partial charge in [-0.15, -0.1) is 23.7 Å². The Balaban J connectivity index is 0.00000289. The molecule has 1 aromatic rings. The zero-order valence-corrected chi connectivity index (χ0v) is 12.3. The summed E-state index contributed by atoms with van der Waals surface area (Å²) in [6, 6.07) is 3.14. The predicted molar refractivity (Wildman–Crippen MR) is 73.7 cm³/mol. The molecule has 1 heterocycles. The number of rotatable bonds is 7. The van der Waals surface area contributed by atoms with E-state index in [1.54, 1.807) is 18.5 Å². The van der Waals surface area contributed by atoms with Crippen LogP contribution in [0.5, 0.6) is 0 Å². The molecule has 0 spiro atoms. The lowest BCUT2D eigenvalue weighted by atomic mass is 10.5. The monoisotopic (exact) mass is 313 g/mol. The minimum absolute atomic E-state index is 0. The summed E-state index contributed by atoms with van der Waals surface area (Å²) in [4.78, 5) is 11.3. The van der Waals surface area contributed by atoms with Gasteiger partial charge < -0.3 is 10.6 Å². The molecule has 0 aliphatic rings. The predicted octanol–water partition coefficient (Wildman–Crippen LogP) is -0.216. The van der Waals surface area contributed by atoms with Crippen LogP contribution in [0.2, 0.25) is 0 Å². The van der Waals surface area contributed by atoms with Crippen LogP contribution in [0.15, 0.2) is 21.7 Å². The third kappa shape index (κ3) is 5.78. The Morgan fingerprint density at radius 1 is 1.39 bits per heavy atom. The van der Waals surface area contributed by atoms with Gasteiger partial charge in [-0.3, -0.25) is 4.79 Å². The highest BCUT2D eigenvalue weighted by atomic mass is 35.5. The first-order chi connectivity index (χ1) is 8.06. The second kappa shape index (κ2) is 8.44. The van der Waals surface area contributed by atoms with Gasteiger partial charge in [0.25, 0.3) is 10.0 Å². The molecule has 0 atom stereocenters. The molecule has 104 valence electrons. The fourth-order valence-corrected chi connectivity index (χ4v) is 3.06. The van der Waals surface area contributed by atoms with Crippen molar-refractivity contribution in [3.8, 4) is 0 Å². The number of thiophene rings is 1. The first-order valence-electron chi connectivity index (χ1n) is 5.01. The number of carbonyl (C=O) groups excluding carboxylic acids is 1. The highest BCUT2D eigenvalue weighted by Gasteiger charge is 2.15. The summed E-state index contributed by atoms with van der Waals surface area (Å²) in [5.74, 6) is -0.347. The number of nitrogens with one attached hydrogen (secondary N) is 3. The van der Waals surface area contributed by atoms with Crippen molar-refractivity contribution in [2.24, 2.45) is 0 Å². The zero-order valence-electron chi connectivity index (χ0n) is 9.80. The van der Waals surface area contributed by atoms with Crippen molar-refractivity contribution >= 4 is 39.7 Å². The maximum Gasteiger partial charge on any atom is 0.250 e. The molecule has 0 aliphatic carbocycles. The molecule has 0 aliphatic heterocycles. The molecule has 0 saturated heterocycles. The van der Waals surface area contributed by atoms with Gasteiger partial charge in [0.2, 0.25) is 5.91 Å². The summed E-state index contributed by atoms with van der Waals surface area (Å²) in [5, 5.41) is 7.11. The molecule has 1 amide bonds. The fourth-order valence-electron chi connectivity index (χ4n) is 1.04. The van der Waals surface area contributed by atoms with Crippen LogP contribution >= 0.6 is 23.7 Å². The van der Waals surface area contributed by atoms with E-state index in [2.05, 4.69) is 15.4 Å². The van der Waals surface area contributed by atoms with Crippen molar-refractivity contribution in [3.63, 3.8) is 0 Å². The van der Waals surface area contributed by atoms with Crippen LogP contribution in [0.4, 0.5) is 0 Å². The Hall–Kier alpha value is -0.670. The second-order valence-corrected chi connectivity index (χ2v) is 6.15. The maximum absolute atomic E-state index is 11.6. The summed E-state index contributed by atoms with van der Waals surface area (Å²) in [6.45, 7) is 0.865. The molecule has 0 unspecified atom stereocenters. The third-order valence-corrected chi connectivity index (χ3v) is 4.68. The number of likely N-dealkylation sites (N-methyl/N-ethyl adjacent to an activating group) is 1. The zero-order chi connectivity index (χ0) is 12.7. The minimum Gasteiger partial charge on any atom is -0.354 e. The average molecular weight is 314 g/mol. The van der Waals surface area contributed by atoms with Crippen LogP contribution in [0.3, 0.4) is 0 Å². The first-order valence-corrected chi connectivity index (χ1v) is 7.37. The van der Waals surface area contributed by atoms with Gasteiger partial charge in [0.1, 0.15) is 4.21 Å². The van der Waals surface area contributed by atoms with Crippen LogP contribution < -0.4 is 15.4 Å². The van der Waals surface area contributed by atoms with Crippen molar-refractivity contribution in [3.05, 3.63) is 17.5 Å². The van der Waals surface area contributed by atoms with Crippen molar-refractivity contribution in [1.82, 2.24) is 15.4 Å². The lowest BCUT2D eigenvalue weighted by Crippen LogP contribution is -2.39. The highest BCUT2D eigenvalue weighted by molar-refractivity contribution is 7.91. The van der Waals surface area contributed by atoms with Crippen molar-refractivity contribution in [1.29, 1.82) is 0 Å². The van der Waals surface area contributed by atoms with Gasteiger partial charge in [-0.05, 0) is 18.5 Å². The maximum atomic E-state index is 11.6. The third-order valence-electron chi connectivity index (χ3n) is 1.88. The van der Waals surface area contributed by atoms with Crippen molar-refractivity contribution in [2.75, 3.05) is 26.7 Å². The van der Waals surface area contributed by atoms with Gasteiger partial charge >= 0.3 is 0 Å². The molecule has 1 aromatic heterocycles. The van der Waals surface area contributed by atoms with E-state index in [4.69, 9.17) is 0 Å². The Morgan fingerprint density at radius 2 is 2.11 bits per heavy atom. The van der Waals surface area contributed by atoms with Crippen LogP contribution in [-0.4, -0.2) is 41.0 Å². The average Bonchev–Trinajstić information content (AvgIpc) is 2.81. The van der Waals surface area contributed by atoms with E-state index < -0.39 is 10.0 Å². The molecule has 1 rings (SSSR count). The van der Waals surface area contributed by atoms with E-state index in [1.807, 2.05) is 0 Å². The molecule has 0 bridgehead atoms. The SMILES string of the molecule is CNCCNC(=O)CNS(=O)(=O)c1cccs1.Cl. The Bertz CT molecular complexity index is 448. The Labute approximate surface area is 117 Å². The standard InChI is InChI=1S/C9H15N3O3S2.ClH/c1-10-4-5-11-8(13)7-12-17(14,15)9-3-2-6-16-9;/h2-3,6,10,12H,4-5,7H2,1H3,(H,11,13);1H. The van der Waals surface area contributed by atoms with Crippen LogP contribution in [0.25, 0.3) is 0 Å². The normalized spacial score (nSPS) is 10.7. The van der Waals surface area contributed by atoms with Gasteiger partial charge in [0.15, 0.2) is 0 Å². The van der Waals surface area contributed by atoms with Crippen molar-refractivity contribution in [2.45, 2.75) is 4.21 Å². The summed E-state index contributed by atoms with van der Waals surface area (Å²) in [5.41, 5.74) is 0. The number of sulfonamides is 1. The van der Waals surface area contributed by atoms with Crippen LogP contribution in [-0.2, 0) is 14.8 Å². The molecule has 6 nitrogen and oxygen atoms in total. The van der Waals surface area contributed by atoms with Crippen molar-refractivity contribution < 1.29 is 13.2 Å². The van der Waals surface area contributed by atoms with Crippen LogP contribution in [0, 0.1) is 0 Å². The lowest BCUT2D eigenvalue weighted by molar-refractivity contribution is -0.119. The number of halogens is 1. The van der Waals surface area contributed by atoms with Gasteiger partial charge in [0, 0.05) is 13.1 Å². The summed E-state index contributed by atoms with van der Waals surface area (Å²) in [6.07, 6.45) is 0. The van der Waals surface area contributed by atoms with Gasteiger partial charge in [-0.1, -0.05) is 6.07 Å². The van der Waals surface area contributed by atoms with E-state index in [0.29, 0.717) is 13.1 Å². The van der Waals surface area contributed by atoms with Gasteiger partial charge in [-0.2, -0.15) is 0 Å². The van der Waals surface area contributed by atoms with Gasteiger partial charge in [-0.25, -0.2) is 13.1 Å². The molecule has 3 N–H and O–H groups in total. The molecule has 0 fully saturated rings. The van der Waals surface area contributed by atoms with E-state index in [-0.39, 0.29) is 29.1 Å². The minimum atomic E-state index is -3.55. The van der Waals surface area contributed by atoms with Gasteiger partial charge in [0.05, 0.1) is 6.54 Å². The summed E-state index contributed by atoms with van der Waals surface area (Å²) in [7, 11) is -1.78. The van der Waals surface area contributed by atoms with E-state index in [9.17, 15) is 13.2 Å². The first kappa shape index (κ1) is 17.3. The largest absolute Gasteiger partial charge is 0.354 e. The fraction of sp³-hybridized carbons (Fsp3) is 0.444. The molecule has 0 saturated carbocycles. The molecule has 18 heavy (non-hydrogen) atoms. The number of carbonyl (C=O) groups is 1. The summed E-state index contributed by atoms with van der Waals surface area (Å²) < 4.78 is 25.7. The van der Waals surface area contributed by atoms with E-state index in [0.717, 1.165) is 11.3 Å². The lowest BCUT2D eigenvalue weighted by Gasteiger charge is -2.06.